The lowest BCUT2D eigenvalue weighted by molar-refractivity contribution is 0.0646. The van der Waals surface area contributed by atoms with Crippen LogP contribution in [0.25, 0.3) is 28.2 Å². The molecule has 0 aliphatic carbocycles. The van der Waals surface area contributed by atoms with Crippen molar-refractivity contribution in [2.75, 3.05) is 14.2 Å². The van der Waals surface area contributed by atoms with Gasteiger partial charge in [0.1, 0.15) is 18.1 Å². The molecule has 0 unspecified atom stereocenters. The molecule has 1 aromatic carbocycles. The molecule has 1 N–H and O–H groups in total. The van der Waals surface area contributed by atoms with Crippen LogP contribution < -0.4 is 9.47 Å². The van der Waals surface area contributed by atoms with Gasteiger partial charge in [-0.1, -0.05) is 12.2 Å². The molecule has 3 aromatic rings. The molecular formula is C26H31N5O3. The maximum atomic E-state index is 13.5. The highest BCUT2D eigenvalue weighted by Gasteiger charge is 2.34. The van der Waals surface area contributed by atoms with Crippen LogP contribution in [0.3, 0.4) is 0 Å². The second-order valence-electron chi connectivity index (χ2n) is 9.13. The van der Waals surface area contributed by atoms with Crippen molar-refractivity contribution in [3.63, 3.8) is 0 Å². The topological polar surface area (TPSA) is 85.3 Å². The molecule has 178 valence electrons. The predicted molar refractivity (Wildman–Crippen MR) is 133 cm³/mol. The Bertz CT molecular complexity index is 1280. The summed E-state index contributed by atoms with van der Waals surface area (Å²) in [5.74, 6) is 1.18. The number of carbonyl (C=O) groups is 1. The summed E-state index contributed by atoms with van der Waals surface area (Å²) in [7, 11) is 3.42. The molecule has 4 rings (SSSR count). The van der Waals surface area contributed by atoms with Gasteiger partial charge in [0.25, 0.3) is 5.91 Å². The smallest absolute Gasteiger partial charge is 0.274 e. The second-order valence-corrected chi connectivity index (χ2v) is 9.13. The Labute approximate surface area is 199 Å². The van der Waals surface area contributed by atoms with Gasteiger partial charge in [0.15, 0.2) is 5.69 Å². The Morgan fingerprint density at radius 2 is 2.03 bits per heavy atom. The van der Waals surface area contributed by atoms with Gasteiger partial charge in [-0.2, -0.15) is 10.2 Å². The van der Waals surface area contributed by atoms with Gasteiger partial charge in [0, 0.05) is 41.5 Å². The highest BCUT2D eigenvalue weighted by molar-refractivity contribution is 5.97. The van der Waals surface area contributed by atoms with E-state index in [0.717, 1.165) is 33.8 Å². The molecule has 3 heterocycles. The summed E-state index contributed by atoms with van der Waals surface area (Å²) in [5, 5.41) is 12.0. The number of allylic oxidation sites excluding steroid dienone is 4. The minimum atomic E-state index is -0.353. The Kier molecular flexibility index (Phi) is 6.08. The summed E-state index contributed by atoms with van der Waals surface area (Å²) >= 11 is 0. The molecule has 0 saturated carbocycles. The number of ether oxygens (including phenoxy) is 2. The van der Waals surface area contributed by atoms with Gasteiger partial charge in [-0.05, 0) is 52.8 Å². The molecule has 8 heteroatoms. The Morgan fingerprint density at radius 1 is 1.26 bits per heavy atom. The number of H-pyrrole nitrogens is 1. The number of nitrogens with one attached hydrogen (secondary N) is 1. The summed E-state index contributed by atoms with van der Waals surface area (Å²) < 4.78 is 13.6. The molecule has 1 aliphatic rings. The van der Waals surface area contributed by atoms with E-state index in [2.05, 4.69) is 10.2 Å². The quantitative estimate of drug-likeness (QED) is 0.531. The summed E-state index contributed by atoms with van der Waals surface area (Å²) in [4.78, 5) is 15.2. The number of aromatic nitrogens is 4. The highest BCUT2D eigenvalue weighted by atomic mass is 16.5. The Hall–Kier alpha value is -3.81. The van der Waals surface area contributed by atoms with Crippen LogP contribution in [-0.4, -0.2) is 50.5 Å². The Balaban J connectivity index is 2.00. The van der Waals surface area contributed by atoms with Crippen molar-refractivity contribution in [3.8, 4) is 34.0 Å². The lowest BCUT2D eigenvalue weighted by Gasteiger charge is -2.31. The summed E-state index contributed by atoms with van der Waals surface area (Å²) in [6.07, 6.45) is 7.67. The van der Waals surface area contributed by atoms with Crippen LogP contribution in [0.2, 0.25) is 0 Å². The molecule has 1 aliphatic heterocycles. The maximum absolute atomic E-state index is 13.5. The van der Waals surface area contributed by atoms with Gasteiger partial charge in [-0.15, -0.1) is 0 Å². The number of amides is 1. The third-order valence-electron chi connectivity index (χ3n) is 6.08. The number of benzene rings is 1. The van der Waals surface area contributed by atoms with Gasteiger partial charge in [-0.25, -0.2) is 4.68 Å². The fraction of sp³-hybridized carbons (Fsp3) is 0.346. The van der Waals surface area contributed by atoms with Crippen molar-refractivity contribution in [1.82, 2.24) is 24.9 Å². The minimum Gasteiger partial charge on any atom is -0.496 e. The normalized spacial score (nSPS) is 13.4. The molecule has 0 atom stereocenters. The van der Waals surface area contributed by atoms with Crippen LogP contribution in [0, 0.1) is 0 Å². The number of fused-ring (bicyclic) bond motifs is 3. The van der Waals surface area contributed by atoms with E-state index in [1.807, 2.05) is 75.7 Å². The van der Waals surface area contributed by atoms with Crippen molar-refractivity contribution in [3.05, 3.63) is 53.9 Å². The largest absolute Gasteiger partial charge is 0.496 e. The van der Waals surface area contributed by atoms with Gasteiger partial charge in [0.05, 0.1) is 24.2 Å². The summed E-state index contributed by atoms with van der Waals surface area (Å²) in [5.41, 5.74) is 4.89. The SMILES string of the molecule is C/C=C\C(=C/C)n1nc(C(=O)N(C)C(C)(C)C)c2c1-c1cc(-c3cc[nH]n3)c(OC)cc1OC2. The van der Waals surface area contributed by atoms with E-state index in [0.29, 0.717) is 17.2 Å². The van der Waals surface area contributed by atoms with Gasteiger partial charge >= 0.3 is 0 Å². The molecule has 8 nitrogen and oxygen atoms in total. The van der Waals surface area contributed by atoms with E-state index in [9.17, 15) is 4.79 Å². The lowest BCUT2D eigenvalue weighted by atomic mass is 9.97. The van der Waals surface area contributed by atoms with Crippen LogP contribution in [0.4, 0.5) is 0 Å². The maximum Gasteiger partial charge on any atom is 0.274 e. The van der Waals surface area contributed by atoms with Crippen molar-refractivity contribution in [2.45, 2.75) is 46.8 Å². The first kappa shape index (κ1) is 23.4. The fourth-order valence-corrected chi connectivity index (χ4v) is 3.94. The number of rotatable bonds is 5. The van der Waals surface area contributed by atoms with E-state index in [1.165, 1.54) is 0 Å². The minimum absolute atomic E-state index is 0.147. The van der Waals surface area contributed by atoms with E-state index in [4.69, 9.17) is 14.6 Å². The first-order chi connectivity index (χ1) is 16.2. The first-order valence-corrected chi connectivity index (χ1v) is 11.3. The van der Waals surface area contributed by atoms with Gasteiger partial charge in [0.2, 0.25) is 0 Å². The van der Waals surface area contributed by atoms with Crippen molar-refractivity contribution >= 4 is 11.6 Å². The molecule has 0 fully saturated rings. The van der Waals surface area contributed by atoms with E-state index in [1.54, 1.807) is 25.3 Å². The van der Waals surface area contributed by atoms with Gasteiger partial charge in [-0.3, -0.25) is 9.89 Å². The molecule has 0 radical (unpaired) electrons. The number of hydrogen-bond donors (Lipinski definition) is 1. The van der Waals surface area contributed by atoms with Crippen LogP contribution in [0.15, 0.2) is 42.6 Å². The zero-order valence-electron chi connectivity index (χ0n) is 20.8. The molecule has 34 heavy (non-hydrogen) atoms. The number of hydrogen-bond acceptors (Lipinski definition) is 5. The monoisotopic (exact) mass is 461 g/mol. The number of carbonyl (C=O) groups excluding carboxylic acids is 1. The summed E-state index contributed by atoms with van der Waals surface area (Å²) in [6.45, 7) is 10.1. The van der Waals surface area contributed by atoms with E-state index >= 15 is 0 Å². The van der Waals surface area contributed by atoms with Gasteiger partial charge < -0.3 is 14.4 Å². The van der Waals surface area contributed by atoms with Crippen molar-refractivity contribution in [2.24, 2.45) is 0 Å². The zero-order valence-corrected chi connectivity index (χ0v) is 20.8. The van der Waals surface area contributed by atoms with Crippen LogP contribution in [0.5, 0.6) is 11.5 Å². The molecule has 0 bridgehead atoms. The van der Waals surface area contributed by atoms with E-state index in [-0.39, 0.29) is 18.1 Å². The van der Waals surface area contributed by atoms with E-state index < -0.39 is 0 Å². The molecule has 0 saturated heterocycles. The standard InChI is InChI=1S/C26H31N5O3/c1-8-10-16(9-2)31-24-18-13-17(20-11-12-27-28-20)21(33-7)14-22(18)34-15-19(24)23(29-31)25(32)30(6)26(3,4)5/h8-14H,15H2,1-7H3,(H,27,28)/b10-8-,16-9+. The fourth-order valence-electron chi connectivity index (χ4n) is 3.94. The number of methoxy groups -OCH3 is 1. The average Bonchev–Trinajstić information content (AvgIpc) is 3.48. The molecular weight excluding hydrogens is 430 g/mol. The second kappa shape index (κ2) is 8.85. The van der Waals surface area contributed by atoms with Crippen LogP contribution in [-0.2, 0) is 6.61 Å². The number of aromatic amines is 1. The highest BCUT2D eigenvalue weighted by Crippen LogP contribution is 2.45. The lowest BCUT2D eigenvalue weighted by Crippen LogP contribution is -2.43. The summed E-state index contributed by atoms with van der Waals surface area (Å²) in [6, 6.07) is 5.75. The third-order valence-corrected chi connectivity index (χ3v) is 6.08. The molecule has 0 spiro atoms. The van der Waals surface area contributed by atoms with Crippen LogP contribution >= 0.6 is 0 Å². The van der Waals surface area contributed by atoms with Crippen molar-refractivity contribution in [1.29, 1.82) is 0 Å². The third kappa shape index (κ3) is 3.89. The molecule has 2 aromatic heterocycles. The van der Waals surface area contributed by atoms with Crippen molar-refractivity contribution < 1.29 is 14.3 Å². The predicted octanol–water partition coefficient (Wildman–Crippen LogP) is 5.15. The Morgan fingerprint density at radius 3 is 2.62 bits per heavy atom. The number of nitrogens with zero attached hydrogens (tertiary/aromatic N) is 4. The molecule has 1 amide bonds. The zero-order chi connectivity index (χ0) is 24.6. The van der Waals surface area contributed by atoms with Crippen LogP contribution in [0.1, 0.15) is 50.7 Å². The first-order valence-electron chi connectivity index (χ1n) is 11.3. The average molecular weight is 462 g/mol.